The topological polar surface area (TPSA) is 96.2 Å². The molecule has 0 saturated carbocycles. The quantitative estimate of drug-likeness (QED) is 0.623. The lowest BCUT2D eigenvalue weighted by molar-refractivity contribution is -0.124. The summed E-state index contributed by atoms with van der Waals surface area (Å²) < 4.78 is 6.07. The standard InChI is InChI=1S/C23H28N6O2/c1-14(2)18-8-9-25-22(28-18)27-17-7-5-6-16(12-17)19-13-26-23(31-19)29-11-10-24-21(30)20(29)15(3)4/h5-9,12-15,20H,10-11H2,1-4H3,(H,24,30)(H,25,27,28). The van der Waals surface area contributed by atoms with Crippen LogP contribution < -0.4 is 15.5 Å². The van der Waals surface area contributed by atoms with E-state index in [0.717, 1.165) is 16.9 Å². The van der Waals surface area contributed by atoms with Gasteiger partial charge >= 0.3 is 0 Å². The van der Waals surface area contributed by atoms with Crippen LogP contribution in [-0.2, 0) is 4.79 Å². The lowest BCUT2D eigenvalue weighted by atomic mass is 10.0. The summed E-state index contributed by atoms with van der Waals surface area (Å²) in [6, 6.07) is 9.93. The molecule has 0 bridgehead atoms. The van der Waals surface area contributed by atoms with Crippen molar-refractivity contribution in [2.75, 3.05) is 23.3 Å². The van der Waals surface area contributed by atoms with Crippen LogP contribution in [0.1, 0.15) is 39.3 Å². The van der Waals surface area contributed by atoms with E-state index in [2.05, 4.69) is 39.4 Å². The molecule has 162 valence electrons. The van der Waals surface area contributed by atoms with Crippen LogP contribution >= 0.6 is 0 Å². The molecule has 1 aliphatic rings. The van der Waals surface area contributed by atoms with Crippen LogP contribution in [0, 0.1) is 5.92 Å². The Morgan fingerprint density at radius 2 is 2.03 bits per heavy atom. The predicted molar refractivity (Wildman–Crippen MR) is 120 cm³/mol. The minimum atomic E-state index is -0.293. The first-order chi connectivity index (χ1) is 14.9. The second-order valence-electron chi connectivity index (χ2n) is 8.35. The molecule has 2 N–H and O–H groups in total. The first kappa shape index (κ1) is 20.8. The van der Waals surface area contributed by atoms with Gasteiger partial charge in [-0.05, 0) is 30.0 Å². The van der Waals surface area contributed by atoms with Crippen molar-refractivity contribution in [1.29, 1.82) is 0 Å². The Labute approximate surface area is 182 Å². The Hall–Kier alpha value is -3.42. The molecule has 1 fully saturated rings. The Morgan fingerprint density at radius 3 is 2.81 bits per heavy atom. The molecule has 3 aromatic rings. The third-order valence-corrected chi connectivity index (χ3v) is 5.30. The number of piperazine rings is 1. The Morgan fingerprint density at radius 1 is 1.19 bits per heavy atom. The van der Waals surface area contributed by atoms with Crippen LogP contribution in [0.5, 0.6) is 0 Å². The van der Waals surface area contributed by atoms with Crippen LogP contribution in [0.4, 0.5) is 17.7 Å². The molecule has 2 aromatic heterocycles. The Kier molecular flexibility index (Phi) is 5.88. The zero-order valence-corrected chi connectivity index (χ0v) is 18.3. The summed E-state index contributed by atoms with van der Waals surface area (Å²) in [7, 11) is 0. The summed E-state index contributed by atoms with van der Waals surface area (Å²) in [5.41, 5.74) is 2.72. The number of benzene rings is 1. The van der Waals surface area contributed by atoms with Crippen molar-refractivity contribution < 1.29 is 9.21 Å². The highest BCUT2D eigenvalue weighted by atomic mass is 16.4. The van der Waals surface area contributed by atoms with Gasteiger partial charge in [0.1, 0.15) is 6.04 Å². The molecule has 1 aliphatic heterocycles. The lowest BCUT2D eigenvalue weighted by Gasteiger charge is -2.36. The minimum Gasteiger partial charge on any atom is -0.423 e. The second kappa shape index (κ2) is 8.75. The van der Waals surface area contributed by atoms with E-state index in [-0.39, 0.29) is 17.9 Å². The third kappa shape index (κ3) is 4.52. The van der Waals surface area contributed by atoms with Gasteiger partial charge in [-0.2, -0.15) is 0 Å². The fraction of sp³-hybridized carbons (Fsp3) is 0.391. The van der Waals surface area contributed by atoms with Crippen molar-refractivity contribution in [3.05, 3.63) is 48.4 Å². The summed E-state index contributed by atoms with van der Waals surface area (Å²) in [5.74, 6) is 1.68. The Bertz CT molecular complexity index is 1060. The zero-order valence-electron chi connectivity index (χ0n) is 18.3. The highest BCUT2D eigenvalue weighted by molar-refractivity contribution is 5.86. The van der Waals surface area contributed by atoms with Crippen molar-refractivity contribution >= 4 is 23.6 Å². The van der Waals surface area contributed by atoms with Gasteiger partial charge in [-0.15, -0.1) is 0 Å². The molecule has 1 amide bonds. The van der Waals surface area contributed by atoms with Crippen LogP contribution in [0.25, 0.3) is 11.3 Å². The molecule has 31 heavy (non-hydrogen) atoms. The summed E-state index contributed by atoms with van der Waals surface area (Å²) in [4.78, 5) is 27.6. The van der Waals surface area contributed by atoms with Crippen molar-refractivity contribution in [2.24, 2.45) is 5.92 Å². The van der Waals surface area contributed by atoms with E-state index in [4.69, 9.17) is 4.42 Å². The first-order valence-electron chi connectivity index (χ1n) is 10.6. The number of carbonyl (C=O) groups excluding carboxylic acids is 1. The van der Waals surface area contributed by atoms with Gasteiger partial charge in [0, 0.05) is 36.2 Å². The average Bonchev–Trinajstić information content (AvgIpc) is 3.24. The van der Waals surface area contributed by atoms with E-state index in [0.29, 0.717) is 36.7 Å². The molecule has 1 aromatic carbocycles. The van der Waals surface area contributed by atoms with E-state index >= 15 is 0 Å². The normalized spacial score (nSPS) is 16.6. The van der Waals surface area contributed by atoms with Gasteiger partial charge in [0.15, 0.2) is 5.76 Å². The van der Waals surface area contributed by atoms with Gasteiger partial charge in [-0.3, -0.25) is 4.79 Å². The third-order valence-electron chi connectivity index (χ3n) is 5.30. The number of nitrogens with one attached hydrogen (secondary N) is 2. The Balaban J connectivity index is 1.56. The van der Waals surface area contributed by atoms with E-state index in [1.165, 1.54) is 0 Å². The van der Waals surface area contributed by atoms with Crippen LogP contribution in [0.3, 0.4) is 0 Å². The molecule has 3 heterocycles. The zero-order chi connectivity index (χ0) is 22.0. The van der Waals surface area contributed by atoms with Crippen LogP contribution in [0.15, 0.2) is 47.1 Å². The number of oxazole rings is 1. The van der Waals surface area contributed by atoms with Crippen molar-refractivity contribution in [3.8, 4) is 11.3 Å². The SMILES string of the molecule is CC(C)c1ccnc(Nc2cccc(-c3cnc(N4CCNC(=O)C4C(C)C)o3)c2)n1. The first-order valence-corrected chi connectivity index (χ1v) is 10.6. The van der Waals surface area contributed by atoms with E-state index in [1.807, 2.05) is 49.1 Å². The number of hydrogen-bond acceptors (Lipinski definition) is 7. The van der Waals surface area contributed by atoms with Gasteiger partial charge < -0.3 is 20.0 Å². The fourth-order valence-electron chi connectivity index (χ4n) is 3.73. The largest absolute Gasteiger partial charge is 0.423 e. The molecular formula is C23H28N6O2. The van der Waals surface area contributed by atoms with Gasteiger partial charge in [0.05, 0.1) is 6.20 Å². The highest BCUT2D eigenvalue weighted by Crippen LogP contribution is 2.29. The van der Waals surface area contributed by atoms with Gasteiger partial charge in [-0.1, -0.05) is 39.8 Å². The summed E-state index contributed by atoms with van der Waals surface area (Å²) in [6.45, 7) is 9.50. The molecule has 8 heteroatoms. The van der Waals surface area contributed by atoms with Gasteiger partial charge in [0.25, 0.3) is 6.01 Å². The predicted octanol–water partition coefficient (Wildman–Crippen LogP) is 3.96. The van der Waals surface area contributed by atoms with Crippen molar-refractivity contribution in [3.63, 3.8) is 0 Å². The summed E-state index contributed by atoms with van der Waals surface area (Å²) in [5, 5.41) is 6.18. The smallest absolute Gasteiger partial charge is 0.298 e. The van der Waals surface area contributed by atoms with E-state index < -0.39 is 0 Å². The molecule has 1 unspecified atom stereocenters. The summed E-state index contributed by atoms with van der Waals surface area (Å²) in [6.07, 6.45) is 3.46. The number of carbonyl (C=O) groups is 1. The number of anilines is 3. The van der Waals surface area contributed by atoms with Gasteiger partial charge in [0.2, 0.25) is 11.9 Å². The number of nitrogens with zero attached hydrogens (tertiary/aromatic N) is 4. The molecular weight excluding hydrogens is 392 g/mol. The lowest BCUT2D eigenvalue weighted by Crippen LogP contribution is -2.57. The molecule has 1 atom stereocenters. The number of hydrogen-bond donors (Lipinski definition) is 2. The number of amides is 1. The molecule has 0 spiro atoms. The van der Waals surface area contributed by atoms with E-state index in [9.17, 15) is 4.79 Å². The highest BCUT2D eigenvalue weighted by Gasteiger charge is 2.34. The van der Waals surface area contributed by atoms with Crippen LogP contribution in [0.2, 0.25) is 0 Å². The second-order valence-corrected chi connectivity index (χ2v) is 8.35. The maximum Gasteiger partial charge on any atom is 0.298 e. The fourth-order valence-corrected chi connectivity index (χ4v) is 3.73. The van der Waals surface area contributed by atoms with Crippen LogP contribution in [-0.4, -0.2) is 40.0 Å². The van der Waals surface area contributed by atoms with Gasteiger partial charge in [-0.25, -0.2) is 15.0 Å². The molecule has 8 nitrogen and oxygen atoms in total. The molecule has 4 rings (SSSR count). The number of rotatable bonds is 6. The number of aromatic nitrogens is 3. The summed E-state index contributed by atoms with van der Waals surface area (Å²) >= 11 is 0. The van der Waals surface area contributed by atoms with Crippen molar-refractivity contribution in [1.82, 2.24) is 20.3 Å². The maximum atomic E-state index is 12.3. The molecule has 0 radical (unpaired) electrons. The average molecular weight is 421 g/mol. The molecule has 1 saturated heterocycles. The minimum absolute atomic E-state index is 0.0100. The van der Waals surface area contributed by atoms with Crippen molar-refractivity contribution in [2.45, 2.75) is 39.7 Å². The monoisotopic (exact) mass is 420 g/mol. The van der Waals surface area contributed by atoms with E-state index in [1.54, 1.807) is 12.4 Å². The molecule has 0 aliphatic carbocycles. The maximum absolute atomic E-state index is 12.3.